The number of rotatable bonds is 11. The fraction of sp³-hybridized carbons (Fsp3) is 0.257. The fourth-order valence-electron chi connectivity index (χ4n) is 5.38. The third-order valence-corrected chi connectivity index (χ3v) is 7.76. The maximum atomic E-state index is 14.0. The van der Waals surface area contributed by atoms with Crippen molar-refractivity contribution in [2.75, 3.05) is 6.61 Å². The van der Waals surface area contributed by atoms with Crippen LogP contribution < -0.4 is 5.32 Å². The Morgan fingerprint density at radius 2 is 1.32 bits per heavy atom. The Labute approximate surface area is 236 Å². The molecule has 0 spiro atoms. The largest absolute Gasteiger partial charge is 0.449 e. The molecule has 1 N–H and O–H groups in total. The minimum atomic E-state index is -0.825. The van der Waals surface area contributed by atoms with Crippen molar-refractivity contribution in [2.24, 2.45) is 5.92 Å². The van der Waals surface area contributed by atoms with Crippen LogP contribution >= 0.6 is 0 Å². The first-order chi connectivity index (χ1) is 19.6. The monoisotopic (exact) mass is 533 g/mol. The van der Waals surface area contributed by atoms with Crippen LogP contribution in [0.15, 0.2) is 109 Å². The number of nitrogens with one attached hydrogen (secondary N) is 1. The molecule has 0 aromatic heterocycles. The van der Waals surface area contributed by atoms with Crippen LogP contribution in [-0.2, 0) is 20.9 Å². The van der Waals surface area contributed by atoms with Crippen LogP contribution in [0.5, 0.6) is 0 Å². The molecule has 3 atom stereocenters. The van der Waals surface area contributed by atoms with Gasteiger partial charge in [0.2, 0.25) is 0 Å². The molecular formula is C35H35NO4. The van der Waals surface area contributed by atoms with Crippen LogP contribution in [0.25, 0.3) is 11.1 Å². The number of amides is 1. The van der Waals surface area contributed by atoms with Gasteiger partial charge in [-0.2, -0.15) is 0 Å². The first-order valence-corrected chi connectivity index (χ1v) is 13.9. The molecule has 1 aliphatic rings. The smallest absolute Gasteiger partial charge is 0.407 e. The lowest BCUT2D eigenvalue weighted by atomic mass is 9.90. The highest BCUT2D eigenvalue weighted by molar-refractivity contribution is 5.92. The fourth-order valence-corrected chi connectivity index (χ4v) is 5.38. The highest BCUT2D eigenvalue weighted by Gasteiger charge is 2.35. The number of carbonyl (C=O) groups is 2. The lowest BCUT2D eigenvalue weighted by Gasteiger charge is -2.28. The van der Waals surface area contributed by atoms with Crippen molar-refractivity contribution in [3.05, 3.63) is 131 Å². The highest BCUT2D eigenvalue weighted by atomic mass is 16.5. The Bertz CT molecular complexity index is 1390. The summed E-state index contributed by atoms with van der Waals surface area (Å²) >= 11 is 0. The molecule has 0 radical (unpaired) electrons. The van der Waals surface area contributed by atoms with E-state index in [-0.39, 0.29) is 30.8 Å². The number of ether oxygens (including phenoxy) is 2. The highest BCUT2D eigenvalue weighted by Crippen LogP contribution is 2.44. The van der Waals surface area contributed by atoms with Crippen molar-refractivity contribution in [3.63, 3.8) is 0 Å². The van der Waals surface area contributed by atoms with Crippen LogP contribution in [0.2, 0.25) is 0 Å². The number of ketones is 1. The Morgan fingerprint density at radius 3 is 1.93 bits per heavy atom. The molecule has 0 fully saturated rings. The van der Waals surface area contributed by atoms with Gasteiger partial charge in [-0.1, -0.05) is 129 Å². The third kappa shape index (κ3) is 6.00. The van der Waals surface area contributed by atoms with Gasteiger partial charge in [0.25, 0.3) is 0 Å². The zero-order chi connectivity index (χ0) is 27.9. The summed E-state index contributed by atoms with van der Waals surface area (Å²) in [6.07, 6.45) is -0.718. The predicted molar refractivity (Wildman–Crippen MR) is 157 cm³/mol. The quantitative estimate of drug-likeness (QED) is 0.217. The van der Waals surface area contributed by atoms with Crippen molar-refractivity contribution < 1.29 is 19.1 Å². The second-order valence-electron chi connectivity index (χ2n) is 10.3. The minimum absolute atomic E-state index is 0.0535. The third-order valence-electron chi connectivity index (χ3n) is 7.76. The van der Waals surface area contributed by atoms with Crippen molar-refractivity contribution in [3.8, 4) is 11.1 Å². The Balaban J connectivity index is 1.31. The van der Waals surface area contributed by atoms with E-state index in [0.717, 1.165) is 22.3 Å². The second-order valence-corrected chi connectivity index (χ2v) is 10.3. The molecule has 5 nitrogen and oxygen atoms in total. The molecule has 204 valence electrons. The minimum Gasteiger partial charge on any atom is -0.449 e. The normalized spacial score (nSPS) is 14.4. The molecule has 40 heavy (non-hydrogen) atoms. The molecule has 0 aliphatic heterocycles. The zero-order valence-electron chi connectivity index (χ0n) is 23.0. The molecule has 5 heteroatoms. The van der Waals surface area contributed by atoms with Crippen LogP contribution in [-0.4, -0.2) is 24.5 Å². The van der Waals surface area contributed by atoms with E-state index in [0.29, 0.717) is 6.42 Å². The summed E-state index contributed by atoms with van der Waals surface area (Å²) in [6, 6.07) is 34.9. The summed E-state index contributed by atoms with van der Waals surface area (Å²) in [7, 11) is 0. The van der Waals surface area contributed by atoms with E-state index < -0.39 is 18.2 Å². The predicted octanol–water partition coefficient (Wildman–Crippen LogP) is 7.47. The van der Waals surface area contributed by atoms with Crippen molar-refractivity contribution in [2.45, 2.75) is 44.9 Å². The van der Waals surface area contributed by atoms with Gasteiger partial charge in [0, 0.05) is 5.92 Å². The molecule has 1 amide bonds. The molecule has 5 rings (SSSR count). The average molecular weight is 534 g/mol. The molecule has 1 unspecified atom stereocenters. The van der Waals surface area contributed by atoms with E-state index >= 15 is 0 Å². The summed E-state index contributed by atoms with van der Waals surface area (Å²) in [5.74, 6) is -0.355. The number of hydrogen-bond acceptors (Lipinski definition) is 4. The van der Waals surface area contributed by atoms with E-state index in [4.69, 9.17) is 9.47 Å². The SMILES string of the molecule is CC[C@H](C)[C@H](NC(=O)OCC1c2ccccc2-c2ccccc21)C(=O)C(OCc1ccccc1)c1ccccc1. The molecule has 4 aromatic carbocycles. The van der Waals surface area contributed by atoms with Crippen LogP contribution in [0.4, 0.5) is 4.79 Å². The van der Waals surface area contributed by atoms with Crippen LogP contribution in [0.1, 0.15) is 54.5 Å². The maximum Gasteiger partial charge on any atom is 0.407 e. The van der Waals surface area contributed by atoms with E-state index in [1.807, 2.05) is 98.8 Å². The molecular weight excluding hydrogens is 498 g/mol. The maximum absolute atomic E-state index is 14.0. The molecule has 0 heterocycles. The zero-order valence-corrected chi connectivity index (χ0v) is 23.0. The van der Waals surface area contributed by atoms with Crippen molar-refractivity contribution in [1.29, 1.82) is 0 Å². The topological polar surface area (TPSA) is 64.6 Å². The van der Waals surface area contributed by atoms with E-state index in [2.05, 4.69) is 29.6 Å². The standard InChI is InChI=1S/C35H35NO4/c1-3-24(2)32(33(37)34(26-16-8-5-9-17-26)39-22-25-14-6-4-7-15-25)36-35(38)40-23-31-29-20-12-10-18-27(29)28-19-11-13-21-30(28)31/h4-21,24,31-32,34H,3,22-23H2,1-2H3,(H,36,38)/t24-,32-,34?/m0/s1. The number of benzene rings is 4. The summed E-state index contributed by atoms with van der Waals surface area (Å²) in [4.78, 5) is 27.2. The van der Waals surface area contributed by atoms with E-state index in [1.165, 1.54) is 11.1 Å². The summed E-state index contributed by atoms with van der Waals surface area (Å²) < 4.78 is 12.0. The Hall–Kier alpha value is -4.22. The first kappa shape index (κ1) is 27.4. The summed E-state index contributed by atoms with van der Waals surface area (Å²) in [5.41, 5.74) is 6.35. The van der Waals surface area contributed by atoms with Gasteiger partial charge in [0.15, 0.2) is 5.78 Å². The first-order valence-electron chi connectivity index (χ1n) is 13.9. The summed E-state index contributed by atoms with van der Waals surface area (Å²) in [6.45, 7) is 4.44. The van der Waals surface area contributed by atoms with Gasteiger partial charge in [-0.05, 0) is 39.3 Å². The van der Waals surface area contributed by atoms with Gasteiger partial charge in [0.1, 0.15) is 12.7 Å². The van der Waals surface area contributed by atoms with E-state index in [1.54, 1.807) is 0 Å². The average Bonchev–Trinajstić information content (AvgIpc) is 3.33. The Morgan fingerprint density at radius 1 is 0.775 bits per heavy atom. The number of Topliss-reactive ketones (excluding diaryl/α,β-unsaturated/α-hetero) is 1. The van der Waals surface area contributed by atoms with E-state index in [9.17, 15) is 9.59 Å². The second kappa shape index (κ2) is 12.8. The van der Waals surface area contributed by atoms with Gasteiger partial charge >= 0.3 is 6.09 Å². The van der Waals surface area contributed by atoms with Crippen molar-refractivity contribution in [1.82, 2.24) is 5.32 Å². The molecule has 1 aliphatic carbocycles. The lowest BCUT2D eigenvalue weighted by molar-refractivity contribution is -0.135. The summed E-state index contributed by atoms with van der Waals surface area (Å²) in [5, 5.41) is 2.90. The molecule has 0 saturated carbocycles. The Kier molecular flexibility index (Phi) is 8.72. The lowest BCUT2D eigenvalue weighted by Crippen LogP contribution is -2.47. The van der Waals surface area contributed by atoms with Gasteiger partial charge in [0.05, 0.1) is 12.6 Å². The van der Waals surface area contributed by atoms with Gasteiger partial charge in [-0.25, -0.2) is 4.79 Å². The number of carbonyl (C=O) groups excluding carboxylic acids is 2. The number of alkyl carbamates (subject to hydrolysis) is 1. The molecule has 0 bridgehead atoms. The van der Waals surface area contributed by atoms with Gasteiger partial charge in [-0.3, -0.25) is 4.79 Å². The van der Waals surface area contributed by atoms with Gasteiger partial charge in [-0.15, -0.1) is 0 Å². The van der Waals surface area contributed by atoms with Crippen LogP contribution in [0, 0.1) is 5.92 Å². The molecule has 4 aromatic rings. The van der Waals surface area contributed by atoms with Crippen molar-refractivity contribution >= 4 is 11.9 Å². The molecule has 0 saturated heterocycles. The number of hydrogen-bond donors (Lipinski definition) is 1. The number of fused-ring (bicyclic) bond motifs is 3. The van der Waals surface area contributed by atoms with Crippen LogP contribution in [0.3, 0.4) is 0 Å². The van der Waals surface area contributed by atoms with Gasteiger partial charge < -0.3 is 14.8 Å².